The number of rotatable bonds is 3. The van der Waals surface area contributed by atoms with Crippen molar-refractivity contribution in [2.75, 3.05) is 0 Å². The van der Waals surface area contributed by atoms with Crippen molar-refractivity contribution in [3.05, 3.63) is 63.4 Å². The highest BCUT2D eigenvalue weighted by Gasteiger charge is 2.35. The van der Waals surface area contributed by atoms with Gasteiger partial charge < -0.3 is 0 Å². The van der Waals surface area contributed by atoms with Crippen molar-refractivity contribution < 1.29 is 18.0 Å². The zero-order valence-corrected chi connectivity index (χ0v) is 12.6. The molecule has 0 aliphatic rings. The number of hydrogen-bond acceptors (Lipinski definition) is 2. The second-order valence-electron chi connectivity index (χ2n) is 4.61. The van der Waals surface area contributed by atoms with Gasteiger partial charge in [-0.1, -0.05) is 22.0 Å². The number of aryl methyl sites for hydroxylation is 1. The first-order chi connectivity index (χ1) is 9.77. The van der Waals surface area contributed by atoms with E-state index in [1.165, 1.54) is 12.1 Å². The van der Waals surface area contributed by atoms with Gasteiger partial charge in [0.1, 0.15) is 0 Å². The predicted octanol–water partition coefficient (Wildman–Crippen LogP) is 4.60. The maximum Gasteiger partial charge on any atom is 0.417 e. The second-order valence-corrected chi connectivity index (χ2v) is 5.53. The van der Waals surface area contributed by atoms with E-state index in [1.807, 2.05) is 6.92 Å². The third-order valence-electron chi connectivity index (χ3n) is 2.90. The summed E-state index contributed by atoms with van der Waals surface area (Å²) in [6, 6.07) is 6.92. The molecule has 0 aliphatic carbocycles. The average Bonchev–Trinajstić information content (AvgIpc) is 2.40. The molecular formula is C15H11BrF3NO. The van der Waals surface area contributed by atoms with E-state index in [1.54, 1.807) is 18.3 Å². The van der Waals surface area contributed by atoms with E-state index in [0.717, 1.165) is 11.6 Å². The van der Waals surface area contributed by atoms with Gasteiger partial charge in [0.2, 0.25) is 0 Å². The van der Waals surface area contributed by atoms with Crippen LogP contribution in [0.5, 0.6) is 0 Å². The molecule has 1 heterocycles. The van der Waals surface area contributed by atoms with E-state index in [9.17, 15) is 18.0 Å². The van der Waals surface area contributed by atoms with Crippen LogP contribution in [0.3, 0.4) is 0 Å². The molecule has 0 fully saturated rings. The van der Waals surface area contributed by atoms with E-state index < -0.39 is 17.5 Å². The van der Waals surface area contributed by atoms with Crippen LogP contribution in [0.25, 0.3) is 0 Å². The number of carbonyl (C=O) groups excluding carboxylic acids is 1. The molecule has 0 saturated carbocycles. The first-order valence-electron chi connectivity index (χ1n) is 6.09. The molecule has 0 radical (unpaired) electrons. The van der Waals surface area contributed by atoms with Gasteiger partial charge >= 0.3 is 6.18 Å². The fourth-order valence-electron chi connectivity index (χ4n) is 1.86. The highest BCUT2D eigenvalue weighted by Crippen LogP contribution is 2.34. The van der Waals surface area contributed by atoms with E-state index >= 15 is 0 Å². The van der Waals surface area contributed by atoms with Crippen LogP contribution in [0, 0.1) is 6.92 Å². The van der Waals surface area contributed by atoms with E-state index in [0.29, 0.717) is 5.69 Å². The van der Waals surface area contributed by atoms with E-state index in [4.69, 9.17) is 0 Å². The molecule has 0 N–H and O–H groups in total. The minimum absolute atomic E-state index is 0.162. The van der Waals surface area contributed by atoms with Crippen molar-refractivity contribution in [2.45, 2.75) is 19.5 Å². The number of hydrogen-bond donors (Lipinski definition) is 0. The molecule has 2 aromatic rings. The lowest BCUT2D eigenvalue weighted by molar-refractivity contribution is -0.138. The van der Waals surface area contributed by atoms with Gasteiger partial charge in [0, 0.05) is 21.9 Å². The van der Waals surface area contributed by atoms with Gasteiger partial charge in [-0.05, 0) is 36.8 Å². The number of aromatic nitrogens is 1. The molecule has 0 unspecified atom stereocenters. The number of ketones is 1. The van der Waals surface area contributed by atoms with Crippen molar-refractivity contribution in [3.8, 4) is 0 Å². The number of pyridine rings is 1. The number of alkyl halides is 3. The molecule has 1 aromatic heterocycles. The second kappa shape index (κ2) is 5.97. The van der Waals surface area contributed by atoms with E-state index in [2.05, 4.69) is 20.9 Å². The smallest absolute Gasteiger partial charge is 0.294 e. The zero-order chi connectivity index (χ0) is 15.6. The van der Waals surface area contributed by atoms with Crippen molar-refractivity contribution in [1.82, 2.24) is 4.98 Å². The maximum absolute atomic E-state index is 13.0. The summed E-state index contributed by atoms with van der Waals surface area (Å²) < 4.78 is 39.3. The molecule has 1 aromatic carbocycles. The summed E-state index contributed by atoms with van der Waals surface area (Å²) in [5.41, 5.74) is 0.0922. The summed E-state index contributed by atoms with van der Waals surface area (Å²) in [5, 5.41) is 0. The van der Waals surface area contributed by atoms with Crippen LogP contribution < -0.4 is 0 Å². The number of nitrogens with zero attached hydrogens (tertiary/aromatic N) is 1. The number of carbonyl (C=O) groups is 1. The molecule has 2 nitrogen and oxygen atoms in total. The summed E-state index contributed by atoms with van der Waals surface area (Å²) in [6.07, 6.45) is -3.16. The summed E-state index contributed by atoms with van der Waals surface area (Å²) in [5.74, 6) is -0.605. The minimum atomic E-state index is -4.57. The lowest BCUT2D eigenvalue weighted by Gasteiger charge is -2.12. The largest absolute Gasteiger partial charge is 0.417 e. The predicted molar refractivity (Wildman–Crippen MR) is 76.2 cm³/mol. The van der Waals surface area contributed by atoms with Crippen molar-refractivity contribution >= 4 is 21.7 Å². The number of halogens is 4. The van der Waals surface area contributed by atoms with Crippen molar-refractivity contribution in [2.24, 2.45) is 0 Å². The lowest BCUT2D eigenvalue weighted by atomic mass is 10.00. The summed E-state index contributed by atoms with van der Waals surface area (Å²) in [7, 11) is 0. The Balaban J connectivity index is 2.33. The Kier molecular flexibility index (Phi) is 4.46. The van der Waals surface area contributed by atoms with Gasteiger partial charge in [0.15, 0.2) is 5.78 Å². The third kappa shape index (κ3) is 3.91. The lowest BCUT2D eigenvalue weighted by Crippen LogP contribution is -2.15. The van der Waals surface area contributed by atoms with Gasteiger partial charge in [-0.25, -0.2) is 0 Å². The van der Waals surface area contributed by atoms with Crippen molar-refractivity contribution in [1.29, 1.82) is 0 Å². The van der Waals surface area contributed by atoms with Crippen LogP contribution >= 0.6 is 15.9 Å². The molecule has 0 spiro atoms. The number of Topliss-reactive ketones (excluding diaryl/α,β-unsaturated/α-hetero) is 1. The summed E-state index contributed by atoms with van der Waals surface area (Å²) >= 11 is 2.99. The average molecular weight is 358 g/mol. The minimum Gasteiger partial charge on any atom is -0.294 e. The van der Waals surface area contributed by atoms with E-state index in [-0.39, 0.29) is 16.5 Å². The highest BCUT2D eigenvalue weighted by molar-refractivity contribution is 9.10. The fourth-order valence-corrected chi connectivity index (χ4v) is 2.22. The van der Waals surface area contributed by atoms with Gasteiger partial charge in [-0.3, -0.25) is 9.78 Å². The van der Waals surface area contributed by atoms with Gasteiger partial charge in [-0.15, -0.1) is 0 Å². The van der Waals surface area contributed by atoms with Crippen LogP contribution in [0.15, 0.2) is 41.0 Å². The number of benzene rings is 1. The molecule has 0 saturated heterocycles. The molecule has 21 heavy (non-hydrogen) atoms. The van der Waals surface area contributed by atoms with Gasteiger partial charge in [-0.2, -0.15) is 13.2 Å². The molecule has 6 heteroatoms. The first-order valence-corrected chi connectivity index (χ1v) is 6.88. The van der Waals surface area contributed by atoms with Crippen LogP contribution in [-0.4, -0.2) is 10.8 Å². The molecule has 0 amide bonds. The topological polar surface area (TPSA) is 30.0 Å². The Morgan fingerprint density at radius 2 is 1.95 bits per heavy atom. The normalized spacial score (nSPS) is 11.5. The fraction of sp³-hybridized carbons (Fsp3) is 0.200. The third-order valence-corrected chi connectivity index (χ3v) is 3.39. The standard InChI is InChI=1S/C15H11BrF3NO/c1-9-2-4-11(20-8-9)7-14(21)12-5-3-10(16)6-13(12)15(17,18)19/h2-6,8H,7H2,1H3. The zero-order valence-electron chi connectivity index (χ0n) is 11.0. The monoisotopic (exact) mass is 357 g/mol. The Hall–Kier alpha value is -1.69. The quantitative estimate of drug-likeness (QED) is 0.751. The Morgan fingerprint density at radius 1 is 1.24 bits per heavy atom. The van der Waals surface area contributed by atoms with Crippen LogP contribution in [-0.2, 0) is 12.6 Å². The Labute approximate surface area is 128 Å². The molecule has 0 aliphatic heterocycles. The highest BCUT2D eigenvalue weighted by atomic mass is 79.9. The SMILES string of the molecule is Cc1ccc(CC(=O)c2ccc(Br)cc2C(F)(F)F)nc1. The van der Waals surface area contributed by atoms with Crippen LogP contribution in [0.2, 0.25) is 0 Å². The molecule has 0 atom stereocenters. The molecular weight excluding hydrogens is 347 g/mol. The maximum atomic E-state index is 13.0. The van der Waals surface area contributed by atoms with Gasteiger partial charge in [0.05, 0.1) is 12.0 Å². The van der Waals surface area contributed by atoms with Crippen LogP contribution in [0.1, 0.15) is 27.2 Å². The summed E-state index contributed by atoms with van der Waals surface area (Å²) in [6.45, 7) is 1.84. The van der Waals surface area contributed by atoms with Crippen molar-refractivity contribution in [3.63, 3.8) is 0 Å². The molecule has 110 valence electrons. The molecule has 2 rings (SSSR count). The van der Waals surface area contributed by atoms with Crippen LogP contribution in [0.4, 0.5) is 13.2 Å². The molecule has 0 bridgehead atoms. The van der Waals surface area contributed by atoms with Gasteiger partial charge in [0.25, 0.3) is 0 Å². The summed E-state index contributed by atoms with van der Waals surface area (Å²) in [4.78, 5) is 16.2. The first kappa shape index (κ1) is 15.7. The Morgan fingerprint density at radius 3 is 2.52 bits per heavy atom. The Bertz CT molecular complexity index is 666.